The van der Waals surface area contributed by atoms with E-state index in [4.69, 9.17) is 0 Å². The van der Waals surface area contributed by atoms with Crippen molar-refractivity contribution >= 4 is 0 Å². The third-order valence-electron chi connectivity index (χ3n) is 5.74. The van der Waals surface area contributed by atoms with Crippen LogP contribution in [-0.2, 0) is 0 Å². The van der Waals surface area contributed by atoms with Gasteiger partial charge in [-0.3, -0.25) is 0 Å². The third kappa shape index (κ3) is 10.6. The standard InChI is InChI=1S/C21H43N/c1-3-20-14-9-5-7-11-16-21(18-13-19-22-4-2)17-12-8-6-10-15-20/h20-22H,3-19H2,1-2H3/t20-,21+. The number of hydrogen-bond acceptors (Lipinski definition) is 1. The van der Waals surface area contributed by atoms with E-state index in [-0.39, 0.29) is 0 Å². The highest BCUT2D eigenvalue weighted by Crippen LogP contribution is 2.26. The minimum absolute atomic E-state index is 1.02. The van der Waals surface area contributed by atoms with Crippen LogP contribution in [0.2, 0.25) is 0 Å². The van der Waals surface area contributed by atoms with Crippen molar-refractivity contribution in [2.24, 2.45) is 11.8 Å². The lowest BCUT2D eigenvalue weighted by Gasteiger charge is -2.19. The maximum Gasteiger partial charge on any atom is -0.00489 e. The van der Waals surface area contributed by atoms with Gasteiger partial charge >= 0.3 is 0 Å². The fourth-order valence-corrected chi connectivity index (χ4v) is 4.12. The predicted molar refractivity (Wildman–Crippen MR) is 100 cm³/mol. The number of rotatable bonds is 6. The molecule has 0 aliphatic heterocycles. The summed E-state index contributed by atoms with van der Waals surface area (Å²) in [7, 11) is 0. The van der Waals surface area contributed by atoms with Crippen LogP contribution in [0.4, 0.5) is 0 Å². The quantitative estimate of drug-likeness (QED) is 0.537. The van der Waals surface area contributed by atoms with Gasteiger partial charge in [0.25, 0.3) is 0 Å². The number of hydrogen-bond donors (Lipinski definition) is 1. The van der Waals surface area contributed by atoms with Crippen molar-refractivity contribution in [1.82, 2.24) is 5.32 Å². The first-order valence-corrected chi connectivity index (χ1v) is 10.6. The largest absolute Gasteiger partial charge is 0.317 e. The van der Waals surface area contributed by atoms with Crippen LogP contribution < -0.4 is 5.32 Å². The van der Waals surface area contributed by atoms with E-state index < -0.39 is 0 Å². The van der Waals surface area contributed by atoms with Crippen LogP contribution in [0.1, 0.15) is 110 Å². The summed E-state index contributed by atoms with van der Waals surface area (Å²) >= 11 is 0. The molecule has 1 saturated carbocycles. The van der Waals surface area contributed by atoms with Gasteiger partial charge in [-0.05, 0) is 37.8 Å². The van der Waals surface area contributed by atoms with Gasteiger partial charge in [0.1, 0.15) is 0 Å². The summed E-state index contributed by atoms with van der Waals surface area (Å²) in [6, 6.07) is 0. The van der Waals surface area contributed by atoms with Gasteiger partial charge in [0, 0.05) is 0 Å². The minimum atomic E-state index is 1.02. The molecule has 0 unspecified atom stereocenters. The van der Waals surface area contributed by atoms with Crippen LogP contribution in [0.3, 0.4) is 0 Å². The van der Waals surface area contributed by atoms with Crippen molar-refractivity contribution in [2.45, 2.75) is 110 Å². The molecule has 0 amide bonds. The van der Waals surface area contributed by atoms with Gasteiger partial charge in [-0.25, -0.2) is 0 Å². The Morgan fingerprint density at radius 2 is 1.18 bits per heavy atom. The maximum atomic E-state index is 3.48. The SMILES string of the molecule is CCNCCC[C@H]1CCCCCC[C@@H](CC)CCCCCC1. The smallest absolute Gasteiger partial charge is 0.00489 e. The summed E-state index contributed by atoms with van der Waals surface area (Å²) in [5.74, 6) is 2.05. The van der Waals surface area contributed by atoms with Gasteiger partial charge < -0.3 is 5.32 Å². The summed E-state index contributed by atoms with van der Waals surface area (Å²) in [4.78, 5) is 0. The molecule has 1 heteroatoms. The summed E-state index contributed by atoms with van der Waals surface area (Å²) in [6.45, 7) is 6.96. The van der Waals surface area contributed by atoms with Gasteiger partial charge in [-0.1, -0.05) is 97.3 Å². The Balaban J connectivity index is 2.25. The van der Waals surface area contributed by atoms with Crippen molar-refractivity contribution in [3.8, 4) is 0 Å². The van der Waals surface area contributed by atoms with E-state index in [0.717, 1.165) is 18.4 Å². The van der Waals surface area contributed by atoms with Crippen LogP contribution in [0.5, 0.6) is 0 Å². The zero-order valence-corrected chi connectivity index (χ0v) is 15.7. The Hall–Kier alpha value is -0.0400. The van der Waals surface area contributed by atoms with Gasteiger partial charge in [-0.15, -0.1) is 0 Å². The molecule has 1 fully saturated rings. The molecule has 0 bridgehead atoms. The van der Waals surface area contributed by atoms with E-state index in [1.807, 2.05) is 0 Å². The molecule has 0 aromatic heterocycles. The van der Waals surface area contributed by atoms with Gasteiger partial charge in [0.2, 0.25) is 0 Å². The van der Waals surface area contributed by atoms with Gasteiger partial charge in [-0.2, -0.15) is 0 Å². The topological polar surface area (TPSA) is 12.0 Å². The fourth-order valence-electron chi connectivity index (χ4n) is 4.12. The Labute approximate surface area is 141 Å². The lowest BCUT2D eigenvalue weighted by Crippen LogP contribution is -2.15. The molecule has 0 atom stereocenters. The highest BCUT2D eigenvalue weighted by Gasteiger charge is 2.10. The lowest BCUT2D eigenvalue weighted by molar-refractivity contribution is 0.350. The molecule has 1 aliphatic rings. The molecule has 0 saturated heterocycles. The summed E-state index contributed by atoms with van der Waals surface area (Å²) in [5, 5.41) is 3.48. The molecule has 22 heavy (non-hydrogen) atoms. The summed E-state index contributed by atoms with van der Waals surface area (Å²) in [5.41, 5.74) is 0. The molecule has 0 radical (unpaired) electrons. The summed E-state index contributed by atoms with van der Waals surface area (Å²) in [6.07, 6.45) is 22.2. The molecule has 0 aromatic carbocycles. The molecule has 132 valence electrons. The second kappa shape index (κ2) is 14.5. The monoisotopic (exact) mass is 309 g/mol. The van der Waals surface area contributed by atoms with Crippen molar-refractivity contribution < 1.29 is 0 Å². The molecule has 1 nitrogen and oxygen atoms in total. The van der Waals surface area contributed by atoms with E-state index in [1.165, 1.54) is 103 Å². The molecule has 1 N–H and O–H groups in total. The fraction of sp³-hybridized carbons (Fsp3) is 1.00. The normalized spacial score (nSPS) is 26.5. The Morgan fingerprint density at radius 1 is 0.682 bits per heavy atom. The van der Waals surface area contributed by atoms with Crippen LogP contribution in [-0.4, -0.2) is 13.1 Å². The van der Waals surface area contributed by atoms with Crippen molar-refractivity contribution in [3.63, 3.8) is 0 Å². The molecular formula is C21H43N. The van der Waals surface area contributed by atoms with E-state index in [2.05, 4.69) is 19.2 Å². The average molecular weight is 310 g/mol. The Morgan fingerprint density at radius 3 is 1.64 bits per heavy atom. The van der Waals surface area contributed by atoms with Gasteiger partial charge in [0.15, 0.2) is 0 Å². The maximum absolute atomic E-state index is 3.48. The first-order chi connectivity index (χ1) is 10.9. The van der Waals surface area contributed by atoms with E-state index >= 15 is 0 Å². The minimum Gasteiger partial charge on any atom is -0.317 e. The van der Waals surface area contributed by atoms with Crippen LogP contribution in [0.25, 0.3) is 0 Å². The predicted octanol–water partition coefficient (Wildman–Crippen LogP) is 6.71. The molecule has 0 spiro atoms. The van der Waals surface area contributed by atoms with Crippen LogP contribution in [0.15, 0.2) is 0 Å². The first-order valence-electron chi connectivity index (χ1n) is 10.6. The summed E-state index contributed by atoms with van der Waals surface area (Å²) < 4.78 is 0. The zero-order chi connectivity index (χ0) is 15.9. The Bertz CT molecular complexity index is 210. The lowest BCUT2D eigenvalue weighted by atomic mass is 9.88. The van der Waals surface area contributed by atoms with E-state index in [1.54, 1.807) is 0 Å². The average Bonchev–Trinajstić information content (AvgIpc) is 2.54. The first kappa shape index (κ1) is 20.0. The highest BCUT2D eigenvalue weighted by atomic mass is 14.8. The molecule has 0 heterocycles. The van der Waals surface area contributed by atoms with Crippen LogP contribution >= 0.6 is 0 Å². The van der Waals surface area contributed by atoms with E-state index in [9.17, 15) is 0 Å². The highest BCUT2D eigenvalue weighted by molar-refractivity contribution is 4.64. The van der Waals surface area contributed by atoms with Crippen molar-refractivity contribution in [1.29, 1.82) is 0 Å². The van der Waals surface area contributed by atoms with E-state index in [0.29, 0.717) is 0 Å². The third-order valence-corrected chi connectivity index (χ3v) is 5.74. The molecule has 1 rings (SSSR count). The zero-order valence-electron chi connectivity index (χ0n) is 15.7. The van der Waals surface area contributed by atoms with Crippen LogP contribution in [0, 0.1) is 11.8 Å². The number of nitrogens with one attached hydrogen (secondary N) is 1. The van der Waals surface area contributed by atoms with Crippen molar-refractivity contribution in [2.75, 3.05) is 13.1 Å². The molecular weight excluding hydrogens is 266 g/mol. The van der Waals surface area contributed by atoms with Crippen molar-refractivity contribution in [3.05, 3.63) is 0 Å². The molecule has 1 aliphatic carbocycles. The molecule has 0 aromatic rings. The van der Waals surface area contributed by atoms with Gasteiger partial charge in [0.05, 0.1) is 0 Å². The second-order valence-electron chi connectivity index (χ2n) is 7.62. The second-order valence-corrected chi connectivity index (χ2v) is 7.62. The Kier molecular flexibility index (Phi) is 13.2.